The summed E-state index contributed by atoms with van der Waals surface area (Å²) in [6, 6.07) is 6.75. The summed E-state index contributed by atoms with van der Waals surface area (Å²) in [6.45, 7) is 2.52. The first-order valence-corrected chi connectivity index (χ1v) is 7.43. The van der Waals surface area contributed by atoms with Crippen molar-refractivity contribution in [3.8, 4) is 0 Å². The molecular weight excluding hydrogens is 250 g/mol. The topological polar surface area (TPSA) is 75.4 Å². The molecule has 0 aliphatic rings. The fourth-order valence-corrected chi connectivity index (χ4v) is 3.17. The SMILES string of the molecule is CC(CN(C)C)NS(=O)(=O)Cc1ccc(N)cc1. The third-order valence-corrected chi connectivity index (χ3v) is 3.83. The van der Waals surface area contributed by atoms with Crippen LogP contribution in [-0.4, -0.2) is 40.0 Å². The molecule has 0 saturated heterocycles. The quantitative estimate of drug-likeness (QED) is 0.745. The van der Waals surface area contributed by atoms with Gasteiger partial charge in [-0.25, -0.2) is 13.1 Å². The van der Waals surface area contributed by atoms with E-state index in [4.69, 9.17) is 5.73 Å². The first-order valence-electron chi connectivity index (χ1n) is 5.77. The lowest BCUT2D eigenvalue weighted by Crippen LogP contribution is -2.40. The summed E-state index contributed by atoms with van der Waals surface area (Å²) >= 11 is 0. The largest absolute Gasteiger partial charge is 0.399 e. The number of nitrogen functional groups attached to an aromatic ring is 1. The van der Waals surface area contributed by atoms with Crippen LogP contribution >= 0.6 is 0 Å². The Kier molecular flexibility index (Phi) is 5.13. The Morgan fingerprint density at radius 3 is 2.33 bits per heavy atom. The molecule has 18 heavy (non-hydrogen) atoms. The Morgan fingerprint density at radius 2 is 1.83 bits per heavy atom. The lowest BCUT2D eigenvalue weighted by Gasteiger charge is -2.18. The van der Waals surface area contributed by atoms with Gasteiger partial charge in [0.1, 0.15) is 0 Å². The molecule has 1 atom stereocenters. The molecule has 0 spiro atoms. The minimum atomic E-state index is -3.31. The number of anilines is 1. The molecule has 0 aromatic heterocycles. The second kappa shape index (κ2) is 6.17. The molecule has 1 rings (SSSR count). The Hall–Kier alpha value is -1.11. The number of hydrogen-bond acceptors (Lipinski definition) is 4. The highest BCUT2D eigenvalue weighted by Gasteiger charge is 2.15. The molecule has 0 bridgehead atoms. The second-order valence-corrected chi connectivity index (χ2v) is 6.54. The van der Waals surface area contributed by atoms with Gasteiger partial charge >= 0.3 is 0 Å². The van der Waals surface area contributed by atoms with Gasteiger partial charge in [0.15, 0.2) is 0 Å². The second-order valence-electron chi connectivity index (χ2n) is 4.78. The molecule has 3 N–H and O–H groups in total. The molecule has 0 aliphatic heterocycles. The van der Waals surface area contributed by atoms with E-state index in [9.17, 15) is 8.42 Å². The van der Waals surface area contributed by atoms with Crippen molar-refractivity contribution in [1.29, 1.82) is 0 Å². The van der Waals surface area contributed by atoms with E-state index in [1.807, 2.05) is 25.9 Å². The van der Waals surface area contributed by atoms with E-state index in [1.54, 1.807) is 24.3 Å². The van der Waals surface area contributed by atoms with E-state index in [2.05, 4.69) is 4.72 Å². The standard InChI is InChI=1S/C12H21N3O2S/c1-10(8-15(2)3)14-18(16,17)9-11-4-6-12(13)7-5-11/h4-7,10,14H,8-9,13H2,1-3H3. The maximum Gasteiger partial charge on any atom is 0.216 e. The van der Waals surface area contributed by atoms with Crippen LogP contribution in [0, 0.1) is 0 Å². The molecule has 5 nitrogen and oxygen atoms in total. The molecule has 1 aromatic carbocycles. The van der Waals surface area contributed by atoms with E-state index in [0.717, 1.165) is 5.56 Å². The first-order chi connectivity index (χ1) is 8.28. The van der Waals surface area contributed by atoms with Crippen LogP contribution in [0.15, 0.2) is 24.3 Å². The number of rotatable bonds is 6. The van der Waals surface area contributed by atoms with Crippen LogP contribution in [0.3, 0.4) is 0 Å². The van der Waals surface area contributed by atoms with Crippen molar-refractivity contribution in [3.05, 3.63) is 29.8 Å². The monoisotopic (exact) mass is 271 g/mol. The molecule has 1 unspecified atom stereocenters. The zero-order chi connectivity index (χ0) is 13.8. The van der Waals surface area contributed by atoms with Gasteiger partial charge in [-0.2, -0.15) is 0 Å². The molecule has 1 aromatic rings. The maximum absolute atomic E-state index is 11.9. The molecule has 0 heterocycles. The van der Waals surface area contributed by atoms with Gasteiger partial charge in [-0.15, -0.1) is 0 Å². The van der Waals surface area contributed by atoms with Crippen LogP contribution in [0.25, 0.3) is 0 Å². The van der Waals surface area contributed by atoms with Gasteiger partial charge in [-0.05, 0) is 38.7 Å². The molecule has 102 valence electrons. The number of nitrogens with two attached hydrogens (primary N) is 1. The van der Waals surface area contributed by atoms with Crippen LogP contribution in [0.2, 0.25) is 0 Å². The van der Waals surface area contributed by atoms with Gasteiger partial charge in [0.25, 0.3) is 0 Å². The van der Waals surface area contributed by atoms with E-state index in [0.29, 0.717) is 12.2 Å². The normalized spacial score (nSPS) is 13.8. The number of benzene rings is 1. The van der Waals surface area contributed by atoms with Gasteiger partial charge < -0.3 is 10.6 Å². The van der Waals surface area contributed by atoms with Gasteiger partial charge in [0.2, 0.25) is 10.0 Å². The number of nitrogens with zero attached hydrogens (tertiary/aromatic N) is 1. The third kappa shape index (κ3) is 5.48. The third-order valence-electron chi connectivity index (χ3n) is 2.36. The summed E-state index contributed by atoms with van der Waals surface area (Å²) in [5.41, 5.74) is 6.92. The minimum absolute atomic E-state index is 0.0228. The zero-order valence-electron chi connectivity index (χ0n) is 11.1. The highest BCUT2D eigenvalue weighted by Crippen LogP contribution is 2.09. The predicted octanol–water partition coefficient (Wildman–Crippen LogP) is 0.638. The highest BCUT2D eigenvalue weighted by atomic mass is 32.2. The molecule has 0 aliphatic carbocycles. The number of hydrogen-bond donors (Lipinski definition) is 2. The van der Waals surface area contributed by atoms with Crippen LogP contribution in [0.5, 0.6) is 0 Å². The molecule has 0 amide bonds. The number of sulfonamides is 1. The predicted molar refractivity (Wildman–Crippen MR) is 74.6 cm³/mol. The van der Waals surface area contributed by atoms with Crippen molar-refractivity contribution in [2.24, 2.45) is 0 Å². The summed E-state index contributed by atoms with van der Waals surface area (Å²) in [4.78, 5) is 1.94. The Morgan fingerprint density at radius 1 is 1.28 bits per heavy atom. The Labute approximate surface area is 109 Å². The maximum atomic E-state index is 11.9. The van der Waals surface area contributed by atoms with E-state index in [-0.39, 0.29) is 11.8 Å². The van der Waals surface area contributed by atoms with Gasteiger partial charge in [0, 0.05) is 18.3 Å². The summed E-state index contributed by atoms with van der Waals surface area (Å²) in [5.74, 6) is -0.0228. The molecular formula is C12H21N3O2S. The van der Waals surface area contributed by atoms with E-state index in [1.165, 1.54) is 0 Å². The van der Waals surface area contributed by atoms with Gasteiger partial charge in [0.05, 0.1) is 5.75 Å². The summed E-state index contributed by atoms with van der Waals surface area (Å²) in [5, 5.41) is 0. The van der Waals surface area contributed by atoms with Crippen molar-refractivity contribution in [2.75, 3.05) is 26.4 Å². The average Bonchev–Trinajstić information content (AvgIpc) is 2.18. The lowest BCUT2D eigenvalue weighted by atomic mass is 10.2. The van der Waals surface area contributed by atoms with Crippen molar-refractivity contribution in [2.45, 2.75) is 18.7 Å². The van der Waals surface area contributed by atoms with Gasteiger partial charge in [-0.3, -0.25) is 0 Å². The van der Waals surface area contributed by atoms with Crippen molar-refractivity contribution in [1.82, 2.24) is 9.62 Å². The molecule has 0 saturated carbocycles. The van der Waals surface area contributed by atoms with Crippen LogP contribution < -0.4 is 10.5 Å². The highest BCUT2D eigenvalue weighted by molar-refractivity contribution is 7.88. The van der Waals surface area contributed by atoms with Crippen LogP contribution in [0.4, 0.5) is 5.69 Å². The minimum Gasteiger partial charge on any atom is -0.399 e. The summed E-state index contributed by atoms with van der Waals surface area (Å²) < 4.78 is 26.5. The Balaban J connectivity index is 2.62. The van der Waals surface area contributed by atoms with Crippen LogP contribution in [0.1, 0.15) is 12.5 Å². The molecule has 0 fully saturated rings. The average molecular weight is 271 g/mol. The summed E-state index contributed by atoms with van der Waals surface area (Å²) in [7, 11) is 0.505. The number of likely N-dealkylation sites (N-methyl/N-ethyl adjacent to an activating group) is 1. The van der Waals surface area contributed by atoms with E-state index >= 15 is 0 Å². The van der Waals surface area contributed by atoms with E-state index < -0.39 is 10.0 Å². The Bertz CT molecular complexity index is 469. The molecule has 6 heteroatoms. The van der Waals surface area contributed by atoms with Crippen LogP contribution in [-0.2, 0) is 15.8 Å². The van der Waals surface area contributed by atoms with Crippen molar-refractivity contribution in [3.63, 3.8) is 0 Å². The lowest BCUT2D eigenvalue weighted by molar-refractivity contribution is 0.370. The van der Waals surface area contributed by atoms with Gasteiger partial charge in [-0.1, -0.05) is 12.1 Å². The zero-order valence-corrected chi connectivity index (χ0v) is 11.9. The van der Waals surface area contributed by atoms with Crippen molar-refractivity contribution >= 4 is 15.7 Å². The van der Waals surface area contributed by atoms with Crippen molar-refractivity contribution < 1.29 is 8.42 Å². The summed E-state index contributed by atoms with van der Waals surface area (Å²) in [6.07, 6.45) is 0. The first kappa shape index (κ1) is 14.9. The smallest absolute Gasteiger partial charge is 0.216 e. The fourth-order valence-electron chi connectivity index (χ4n) is 1.77. The molecule has 0 radical (unpaired) electrons. The number of nitrogens with one attached hydrogen (secondary N) is 1. The fraction of sp³-hybridized carbons (Fsp3) is 0.500.